The topological polar surface area (TPSA) is 107 Å². The van der Waals surface area contributed by atoms with Crippen LogP contribution in [0.5, 0.6) is 0 Å². The Labute approximate surface area is 218 Å². The van der Waals surface area contributed by atoms with Gasteiger partial charge < -0.3 is 15.0 Å². The highest BCUT2D eigenvalue weighted by atomic mass is 19.3. The predicted molar refractivity (Wildman–Crippen MR) is 129 cm³/mol. The van der Waals surface area contributed by atoms with Crippen LogP contribution in [0.3, 0.4) is 0 Å². The Hall–Kier alpha value is -4.30. The lowest BCUT2D eigenvalue weighted by atomic mass is 10.2. The van der Waals surface area contributed by atoms with Crippen LogP contribution in [0.1, 0.15) is 37.6 Å². The van der Waals surface area contributed by atoms with Crippen LogP contribution in [0.25, 0.3) is 27.9 Å². The van der Waals surface area contributed by atoms with E-state index >= 15 is 0 Å². The van der Waals surface area contributed by atoms with E-state index in [1.54, 1.807) is 20.8 Å². The fourth-order valence-electron chi connectivity index (χ4n) is 3.76. The van der Waals surface area contributed by atoms with Gasteiger partial charge in [-0.15, -0.1) is 0 Å². The molecule has 0 aliphatic carbocycles. The number of imidazole rings is 1. The molecule has 4 aromatic rings. The summed E-state index contributed by atoms with van der Waals surface area (Å²) >= 11 is 0. The largest absolute Gasteiger partial charge is 0.444 e. The summed E-state index contributed by atoms with van der Waals surface area (Å²) in [7, 11) is 1.42. The number of hydrogen-bond acceptors (Lipinski definition) is 6. The fraction of sp³-hybridized carbons (Fsp3) is 0.375. The number of halogens is 5. The quantitative estimate of drug-likeness (QED) is 0.341. The molecule has 0 bridgehead atoms. The number of likely N-dealkylation sites (N-methyl/N-ethyl adjacent to an activating group) is 1. The Morgan fingerprint density at radius 2 is 1.85 bits per heavy atom. The van der Waals surface area contributed by atoms with Gasteiger partial charge in [0.2, 0.25) is 0 Å². The molecule has 0 aliphatic rings. The van der Waals surface area contributed by atoms with Crippen molar-refractivity contribution >= 4 is 28.6 Å². The van der Waals surface area contributed by atoms with E-state index in [4.69, 9.17) is 4.74 Å². The summed E-state index contributed by atoms with van der Waals surface area (Å²) in [5, 5.41) is 6.47. The standard InChI is InChI=1S/C24H24F5N7O3/c1-24(2,3)39-23(38)30-5-6-34(4)22(37)15-8-16-13(9-31-15)18(33-36(16)20(29)19(27)28)17-10-32-21-14(26)7-12(25)11-35(17)21/h7-11,19-20H,5-6H2,1-4H3,(H,30,38). The van der Waals surface area contributed by atoms with Crippen LogP contribution in [0, 0.1) is 11.6 Å². The number of pyridine rings is 2. The second kappa shape index (κ2) is 10.5. The van der Waals surface area contributed by atoms with E-state index in [2.05, 4.69) is 20.4 Å². The summed E-state index contributed by atoms with van der Waals surface area (Å²) < 4.78 is 75.9. The van der Waals surface area contributed by atoms with Crippen molar-refractivity contribution in [3.8, 4) is 11.4 Å². The second-order valence-electron chi connectivity index (χ2n) is 9.59. The van der Waals surface area contributed by atoms with E-state index in [9.17, 15) is 31.5 Å². The van der Waals surface area contributed by atoms with Crippen LogP contribution >= 0.6 is 0 Å². The van der Waals surface area contributed by atoms with Crippen molar-refractivity contribution in [2.45, 2.75) is 39.1 Å². The highest BCUT2D eigenvalue weighted by molar-refractivity contribution is 5.99. The Balaban J connectivity index is 1.67. The number of hydrogen-bond donors (Lipinski definition) is 1. The molecule has 10 nitrogen and oxygen atoms in total. The SMILES string of the molecule is CN(CCNC(=O)OC(C)(C)C)C(=O)c1cc2c(cn1)c(-c1cnc3c(F)cc(F)cn13)nn2C(F)C(F)F. The third-order valence-corrected chi connectivity index (χ3v) is 5.48. The van der Waals surface area contributed by atoms with Crippen molar-refractivity contribution < 1.29 is 36.3 Å². The van der Waals surface area contributed by atoms with Crippen LogP contribution in [-0.2, 0) is 4.74 Å². The molecule has 208 valence electrons. The van der Waals surface area contributed by atoms with Crippen molar-refractivity contribution in [1.82, 2.24) is 34.4 Å². The zero-order valence-corrected chi connectivity index (χ0v) is 21.3. The molecule has 39 heavy (non-hydrogen) atoms. The number of carbonyl (C=O) groups excluding carboxylic acids is 2. The number of amides is 2. The van der Waals surface area contributed by atoms with Crippen molar-refractivity contribution in [1.29, 1.82) is 0 Å². The Morgan fingerprint density at radius 3 is 2.51 bits per heavy atom. The number of ether oxygens (including phenoxy) is 1. The number of nitrogens with one attached hydrogen (secondary N) is 1. The first kappa shape index (κ1) is 27.7. The normalized spacial score (nSPS) is 12.8. The Kier molecular flexibility index (Phi) is 7.44. The van der Waals surface area contributed by atoms with Gasteiger partial charge in [-0.1, -0.05) is 0 Å². The van der Waals surface area contributed by atoms with E-state index in [0.29, 0.717) is 10.7 Å². The minimum Gasteiger partial charge on any atom is -0.444 e. The maximum atomic E-state index is 14.6. The molecule has 0 saturated heterocycles. The third kappa shape index (κ3) is 5.76. The number of fused-ring (bicyclic) bond motifs is 2. The molecule has 0 aromatic carbocycles. The van der Waals surface area contributed by atoms with Gasteiger partial charge in [0.15, 0.2) is 11.5 Å². The van der Waals surface area contributed by atoms with E-state index in [1.165, 1.54) is 11.9 Å². The van der Waals surface area contributed by atoms with Crippen LogP contribution in [0.2, 0.25) is 0 Å². The number of aromatic nitrogens is 5. The summed E-state index contributed by atoms with van der Waals surface area (Å²) in [5.74, 6) is -2.56. The minimum absolute atomic E-state index is 0.0140. The summed E-state index contributed by atoms with van der Waals surface area (Å²) in [6.07, 6.45) is -3.86. The van der Waals surface area contributed by atoms with Crippen molar-refractivity contribution in [2.75, 3.05) is 20.1 Å². The first-order valence-electron chi connectivity index (χ1n) is 11.6. The van der Waals surface area contributed by atoms with E-state index in [1.807, 2.05) is 0 Å². The van der Waals surface area contributed by atoms with Gasteiger partial charge >= 0.3 is 6.09 Å². The molecule has 1 N–H and O–H groups in total. The van der Waals surface area contributed by atoms with Crippen molar-refractivity contribution in [2.24, 2.45) is 0 Å². The molecule has 4 rings (SSSR count). The van der Waals surface area contributed by atoms with Gasteiger partial charge in [0.1, 0.15) is 22.8 Å². The smallest absolute Gasteiger partial charge is 0.407 e. The zero-order valence-electron chi connectivity index (χ0n) is 21.3. The van der Waals surface area contributed by atoms with Crippen LogP contribution in [0.15, 0.2) is 30.7 Å². The van der Waals surface area contributed by atoms with Gasteiger partial charge in [0.05, 0.1) is 17.4 Å². The minimum atomic E-state index is -3.47. The first-order chi connectivity index (χ1) is 18.3. The number of rotatable bonds is 7. The molecule has 0 aliphatic heterocycles. The van der Waals surface area contributed by atoms with Gasteiger partial charge in [-0.25, -0.2) is 36.4 Å². The average Bonchev–Trinajstić information content (AvgIpc) is 3.42. The lowest BCUT2D eigenvalue weighted by molar-refractivity contribution is 0.00356. The monoisotopic (exact) mass is 553 g/mol. The molecule has 1 unspecified atom stereocenters. The number of alkyl halides is 3. The number of nitrogens with zero attached hydrogens (tertiary/aromatic N) is 6. The molecule has 4 aromatic heterocycles. The molecule has 1 atom stereocenters. The van der Waals surface area contributed by atoms with Gasteiger partial charge in [0.25, 0.3) is 18.6 Å². The molecular weight excluding hydrogens is 529 g/mol. The Morgan fingerprint density at radius 1 is 1.13 bits per heavy atom. The lowest BCUT2D eigenvalue weighted by Crippen LogP contribution is -2.38. The van der Waals surface area contributed by atoms with Gasteiger partial charge in [0, 0.05) is 44.0 Å². The highest BCUT2D eigenvalue weighted by Crippen LogP contribution is 2.33. The number of carbonyl (C=O) groups is 2. The molecule has 0 radical (unpaired) electrons. The van der Waals surface area contributed by atoms with Gasteiger partial charge in [-0.2, -0.15) is 5.10 Å². The summed E-state index contributed by atoms with van der Waals surface area (Å²) in [5.41, 5.74) is -1.53. The van der Waals surface area contributed by atoms with Gasteiger partial charge in [-0.3, -0.25) is 14.2 Å². The highest BCUT2D eigenvalue weighted by Gasteiger charge is 2.28. The van der Waals surface area contributed by atoms with Gasteiger partial charge in [-0.05, 0) is 26.8 Å². The van der Waals surface area contributed by atoms with Crippen molar-refractivity contribution in [3.63, 3.8) is 0 Å². The second-order valence-corrected chi connectivity index (χ2v) is 9.59. The fourth-order valence-corrected chi connectivity index (χ4v) is 3.76. The predicted octanol–water partition coefficient (Wildman–Crippen LogP) is 4.35. The van der Waals surface area contributed by atoms with Crippen LogP contribution in [-0.4, -0.2) is 73.2 Å². The Bertz CT molecular complexity index is 1550. The summed E-state index contributed by atoms with van der Waals surface area (Å²) in [4.78, 5) is 33.9. The lowest BCUT2D eigenvalue weighted by Gasteiger charge is -2.21. The molecule has 0 saturated carbocycles. The molecule has 4 heterocycles. The molecule has 0 spiro atoms. The summed E-state index contributed by atoms with van der Waals surface area (Å²) in [6.45, 7) is 5.18. The third-order valence-electron chi connectivity index (χ3n) is 5.48. The van der Waals surface area contributed by atoms with Crippen molar-refractivity contribution in [3.05, 3.63) is 48.1 Å². The number of alkyl carbamates (subject to hydrolysis) is 1. The van der Waals surface area contributed by atoms with E-state index in [-0.39, 0.29) is 46.7 Å². The van der Waals surface area contributed by atoms with E-state index in [0.717, 1.165) is 29.1 Å². The first-order valence-corrected chi connectivity index (χ1v) is 11.6. The van der Waals surface area contributed by atoms with Crippen LogP contribution in [0.4, 0.5) is 26.7 Å². The molecular formula is C24H24F5N7O3. The van der Waals surface area contributed by atoms with E-state index < -0.39 is 42.0 Å². The van der Waals surface area contributed by atoms with Crippen LogP contribution < -0.4 is 5.32 Å². The maximum Gasteiger partial charge on any atom is 0.407 e. The molecule has 2 amide bonds. The maximum absolute atomic E-state index is 14.6. The average molecular weight is 553 g/mol. The molecule has 15 heteroatoms. The summed E-state index contributed by atoms with van der Waals surface area (Å²) in [6, 6.07) is 1.71. The molecule has 0 fully saturated rings. The zero-order chi connectivity index (χ0) is 28.6.